The van der Waals surface area contributed by atoms with E-state index in [1.807, 2.05) is 12.1 Å². The monoisotopic (exact) mass is 337 g/mol. The van der Waals surface area contributed by atoms with Crippen molar-refractivity contribution in [3.8, 4) is 0 Å². The zero-order valence-corrected chi connectivity index (χ0v) is 14.0. The minimum atomic E-state index is 0. The minimum Gasteiger partial charge on any atom is -0.328 e. The Morgan fingerprint density at radius 1 is 1.14 bits per heavy atom. The molecule has 118 valence electrons. The van der Waals surface area contributed by atoms with Crippen LogP contribution in [0.4, 0.5) is 5.69 Å². The SMILES string of the molecule is [C-]#[N+]c1ccc(CC(=O)C2[CH-]CCC2)cc1.[CH-]1CCCC1.[Fe+2]. The van der Waals surface area contributed by atoms with E-state index < -0.39 is 0 Å². The van der Waals surface area contributed by atoms with E-state index in [0.717, 1.165) is 24.8 Å². The zero-order valence-electron chi connectivity index (χ0n) is 12.9. The van der Waals surface area contributed by atoms with Gasteiger partial charge in [-0.2, -0.15) is 19.3 Å². The van der Waals surface area contributed by atoms with Crippen LogP contribution < -0.4 is 0 Å². The number of hydrogen-bond donors (Lipinski definition) is 0. The van der Waals surface area contributed by atoms with Crippen molar-refractivity contribution in [3.63, 3.8) is 0 Å². The second kappa shape index (κ2) is 10.6. The minimum absolute atomic E-state index is 0. The Hall–Kier alpha value is -1.10. The van der Waals surface area contributed by atoms with Crippen molar-refractivity contribution in [1.82, 2.24) is 0 Å². The fourth-order valence-electron chi connectivity index (χ4n) is 2.81. The molecule has 0 spiro atoms. The maximum Gasteiger partial charge on any atom is 2.00 e. The average molecular weight is 337 g/mol. The van der Waals surface area contributed by atoms with Crippen LogP contribution in [0.2, 0.25) is 0 Å². The predicted molar refractivity (Wildman–Crippen MR) is 85.8 cm³/mol. The fourth-order valence-corrected chi connectivity index (χ4v) is 2.81. The standard InChI is InChI=1S/C14H14NO.C5H9.Fe/c1-15-13-8-6-11(7-9-13)10-14(16)12-4-2-3-5-12;1-2-4-5-3-1;/h4,6-9,12H,2-3,5,10H2;1H,2-5H2;/q2*-1;+2. The quantitative estimate of drug-likeness (QED) is 0.554. The normalized spacial score (nSPS) is 19.5. The summed E-state index contributed by atoms with van der Waals surface area (Å²) in [6, 6.07) is 7.29. The van der Waals surface area contributed by atoms with E-state index in [-0.39, 0.29) is 23.0 Å². The van der Waals surface area contributed by atoms with Gasteiger partial charge in [-0.25, -0.2) is 4.85 Å². The first-order chi connectivity index (χ1) is 10.3. The van der Waals surface area contributed by atoms with Crippen LogP contribution in [-0.4, -0.2) is 5.78 Å². The molecule has 0 heterocycles. The fraction of sp³-hybridized carbons (Fsp3) is 0.474. The zero-order chi connectivity index (χ0) is 14.9. The Balaban J connectivity index is 0.000000344. The van der Waals surface area contributed by atoms with Gasteiger partial charge in [0.05, 0.1) is 6.57 Å². The van der Waals surface area contributed by atoms with Gasteiger partial charge in [0.1, 0.15) is 5.78 Å². The van der Waals surface area contributed by atoms with Crippen molar-refractivity contribution in [2.24, 2.45) is 5.92 Å². The van der Waals surface area contributed by atoms with Crippen LogP contribution in [0.1, 0.15) is 50.5 Å². The Labute approximate surface area is 145 Å². The number of ketones is 1. The first-order valence-corrected chi connectivity index (χ1v) is 7.93. The molecule has 0 N–H and O–H groups in total. The Kier molecular flexibility index (Phi) is 9.13. The van der Waals surface area contributed by atoms with Crippen LogP contribution in [0.5, 0.6) is 0 Å². The van der Waals surface area contributed by atoms with Crippen molar-refractivity contribution in [2.45, 2.75) is 51.4 Å². The first-order valence-electron chi connectivity index (χ1n) is 7.93. The molecular formula is C19H23FeNO. The van der Waals surface area contributed by atoms with Gasteiger partial charge in [0.25, 0.3) is 0 Å². The van der Waals surface area contributed by atoms with Crippen LogP contribution in [0.25, 0.3) is 4.85 Å². The Morgan fingerprint density at radius 3 is 2.27 bits per heavy atom. The predicted octanol–water partition coefficient (Wildman–Crippen LogP) is 5.12. The molecule has 0 aliphatic heterocycles. The van der Waals surface area contributed by atoms with Crippen molar-refractivity contribution in [3.05, 3.63) is 54.1 Å². The molecule has 3 heteroatoms. The summed E-state index contributed by atoms with van der Waals surface area (Å²) in [6.07, 6.45) is 13.9. The van der Waals surface area contributed by atoms with Crippen molar-refractivity contribution in [1.29, 1.82) is 0 Å². The van der Waals surface area contributed by atoms with E-state index in [0.29, 0.717) is 17.9 Å². The summed E-state index contributed by atoms with van der Waals surface area (Å²) in [5.74, 6) is 0.480. The molecule has 22 heavy (non-hydrogen) atoms. The maximum atomic E-state index is 11.9. The van der Waals surface area contributed by atoms with E-state index in [1.54, 1.807) is 12.1 Å². The number of rotatable bonds is 3. The van der Waals surface area contributed by atoms with Crippen molar-refractivity contribution in [2.75, 3.05) is 0 Å². The third-order valence-electron chi connectivity index (χ3n) is 4.09. The summed E-state index contributed by atoms with van der Waals surface area (Å²) in [6.45, 7) is 6.84. The maximum absolute atomic E-state index is 11.9. The molecule has 1 aromatic carbocycles. The van der Waals surface area contributed by atoms with Crippen molar-refractivity contribution >= 4 is 11.5 Å². The van der Waals surface area contributed by atoms with Gasteiger partial charge in [0, 0.05) is 6.42 Å². The smallest absolute Gasteiger partial charge is 0.328 e. The summed E-state index contributed by atoms with van der Waals surface area (Å²) in [5, 5.41) is 0. The van der Waals surface area contributed by atoms with Crippen LogP contribution in [-0.2, 0) is 28.3 Å². The molecule has 2 fully saturated rings. The molecule has 2 saturated carbocycles. The third kappa shape index (κ3) is 6.34. The molecule has 3 rings (SSSR count). The van der Waals surface area contributed by atoms with E-state index in [4.69, 9.17) is 6.57 Å². The second-order valence-corrected chi connectivity index (χ2v) is 5.77. The molecule has 0 radical (unpaired) electrons. The molecule has 1 atom stereocenters. The van der Waals surface area contributed by atoms with Gasteiger partial charge in [-0.05, 0) is 5.56 Å². The van der Waals surface area contributed by atoms with E-state index in [2.05, 4.69) is 17.7 Å². The number of carbonyl (C=O) groups excluding carboxylic acids is 1. The van der Waals surface area contributed by atoms with Crippen LogP contribution in [0, 0.1) is 25.3 Å². The Bertz CT molecular complexity index is 472. The summed E-state index contributed by atoms with van der Waals surface area (Å²) >= 11 is 0. The molecule has 2 nitrogen and oxygen atoms in total. The van der Waals surface area contributed by atoms with E-state index in [1.165, 1.54) is 25.7 Å². The van der Waals surface area contributed by atoms with Crippen LogP contribution >= 0.6 is 0 Å². The summed E-state index contributed by atoms with van der Waals surface area (Å²) in [7, 11) is 0. The largest absolute Gasteiger partial charge is 2.00 e. The molecular weight excluding hydrogens is 314 g/mol. The van der Waals surface area contributed by atoms with Crippen LogP contribution in [0.3, 0.4) is 0 Å². The number of nitrogens with zero attached hydrogens (tertiary/aromatic N) is 1. The molecule has 0 bridgehead atoms. The van der Waals surface area contributed by atoms with Gasteiger partial charge in [0.2, 0.25) is 0 Å². The average Bonchev–Trinajstić information content (AvgIpc) is 3.23. The van der Waals surface area contributed by atoms with Gasteiger partial charge < -0.3 is 17.6 Å². The van der Waals surface area contributed by atoms with E-state index in [9.17, 15) is 4.79 Å². The van der Waals surface area contributed by atoms with E-state index >= 15 is 0 Å². The Morgan fingerprint density at radius 2 is 1.82 bits per heavy atom. The molecule has 2 aliphatic rings. The van der Waals surface area contributed by atoms with Gasteiger partial charge >= 0.3 is 17.1 Å². The molecule has 0 saturated heterocycles. The first kappa shape index (κ1) is 18.9. The van der Waals surface area contributed by atoms with Gasteiger partial charge in [0.15, 0.2) is 5.69 Å². The molecule has 2 aliphatic carbocycles. The topological polar surface area (TPSA) is 21.4 Å². The number of benzene rings is 1. The number of carbonyl (C=O) groups is 1. The summed E-state index contributed by atoms with van der Waals surface area (Å²) < 4.78 is 0. The van der Waals surface area contributed by atoms with Crippen LogP contribution in [0.15, 0.2) is 24.3 Å². The number of hydrogen-bond acceptors (Lipinski definition) is 1. The molecule has 1 aromatic rings. The van der Waals surface area contributed by atoms with Gasteiger partial charge in [-0.15, -0.1) is 5.92 Å². The molecule has 1 unspecified atom stereocenters. The second-order valence-electron chi connectivity index (χ2n) is 5.77. The van der Waals surface area contributed by atoms with Gasteiger partial charge in [-0.1, -0.05) is 49.9 Å². The molecule has 0 aromatic heterocycles. The molecule has 0 amide bonds. The number of Topliss-reactive ketones (excluding diaryl/α,β-unsaturated/α-hetero) is 1. The summed E-state index contributed by atoms with van der Waals surface area (Å²) in [4.78, 5) is 15.2. The third-order valence-corrected chi connectivity index (χ3v) is 4.09. The van der Waals surface area contributed by atoms with Crippen molar-refractivity contribution < 1.29 is 21.9 Å². The summed E-state index contributed by atoms with van der Waals surface area (Å²) in [5.41, 5.74) is 1.64. The van der Waals surface area contributed by atoms with Gasteiger partial charge in [-0.3, -0.25) is 0 Å².